The lowest BCUT2D eigenvalue weighted by Crippen LogP contribution is -1.96. The minimum atomic E-state index is 0.0988. The lowest BCUT2D eigenvalue weighted by Gasteiger charge is -2.09. The number of nitrogens with zero attached hydrogens (tertiary/aromatic N) is 3. The van der Waals surface area contributed by atoms with Crippen LogP contribution >= 0.6 is 0 Å². The number of furan rings is 1. The van der Waals surface area contributed by atoms with Gasteiger partial charge in [-0.2, -0.15) is 0 Å². The molecule has 0 fully saturated rings. The molecule has 8 aromatic rings. The predicted octanol–water partition coefficient (Wildman–Crippen LogP) is 9.03. The quantitative estimate of drug-likeness (QED) is 0.247. The van der Waals surface area contributed by atoms with Crippen LogP contribution in [0.1, 0.15) is 0 Å². The summed E-state index contributed by atoms with van der Waals surface area (Å²) in [6, 6.07) is 42.1. The number of benzene rings is 5. The second-order valence-electron chi connectivity index (χ2n) is 10.1. The molecule has 5 heteroatoms. The number of phenols is 1. The third-order valence-corrected chi connectivity index (χ3v) is 7.53. The van der Waals surface area contributed by atoms with Crippen LogP contribution in [-0.4, -0.2) is 19.6 Å². The van der Waals surface area contributed by atoms with E-state index in [4.69, 9.17) is 14.4 Å². The zero-order chi connectivity index (χ0) is 27.3. The van der Waals surface area contributed by atoms with Crippen LogP contribution in [0.3, 0.4) is 0 Å². The van der Waals surface area contributed by atoms with E-state index < -0.39 is 0 Å². The number of hydrogen-bond acceptors (Lipinski definition) is 4. The molecule has 194 valence electrons. The van der Waals surface area contributed by atoms with Crippen molar-refractivity contribution in [1.82, 2.24) is 14.5 Å². The number of rotatable bonds is 4. The van der Waals surface area contributed by atoms with Gasteiger partial charge in [0, 0.05) is 39.7 Å². The summed E-state index contributed by atoms with van der Waals surface area (Å²) in [5.74, 6) is 0.716. The lowest BCUT2D eigenvalue weighted by atomic mass is 10.0. The van der Waals surface area contributed by atoms with Gasteiger partial charge in [0.15, 0.2) is 0 Å². The minimum absolute atomic E-state index is 0.0988. The maximum atomic E-state index is 11.3. The number of fused-ring (bicyclic) bond motifs is 4. The Morgan fingerprint density at radius 2 is 1.29 bits per heavy atom. The first-order valence-corrected chi connectivity index (χ1v) is 13.5. The summed E-state index contributed by atoms with van der Waals surface area (Å²) >= 11 is 0. The highest BCUT2D eigenvalue weighted by atomic mass is 16.3. The molecule has 0 unspecified atom stereocenters. The standard InChI is InChI=1S/C36H23N3O2/c40-32-21-34-28(27-17-9-10-18-33(27)41-34)20-29(32)36-38-31(22-39(36)25-14-5-2-6-15-25)35-26-16-8-7-13-24(26)19-30(37-35)23-11-3-1-4-12-23/h1-22,40H. The Kier molecular flexibility index (Phi) is 5.22. The number of imidazole rings is 1. The Labute approximate surface area is 235 Å². The molecular formula is C36H23N3O2. The Bertz CT molecular complexity index is 2210. The van der Waals surface area contributed by atoms with Crippen LogP contribution in [0.25, 0.3) is 72.4 Å². The van der Waals surface area contributed by atoms with Gasteiger partial charge in [-0.05, 0) is 35.7 Å². The molecule has 3 aromatic heterocycles. The maximum Gasteiger partial charge on any atom is 0.149 e. The zero-order valence-electron chi connectivity index (χ0n) is 21.9. The van der Waals surface area contributed by atoms with Crippen molar-refractivity contribution in [2.45, 2.75) is 0 Å². The summed E-state index contributed by atoms with van der Waals surface area (Å²) in [7, 11) is 0. The molecule has 8 rings (SSSR count). The molecule has 0 aliphatic rings. The number of aromatic hydroxyl groups is 1. The van der Waals surface area contributed by atoms with Crippen LogP contribution in [-0.2, 0) is 0 Å². The number of pyridine rings is 1. The molecule has 41 heavy (non-hydrogen) atoms. The van der Waals surface area contributed by atoms with Crippen LogP contribution < -0.4 is 0 Å². The highest BCUT2D eigenvalue weighted by Gasteiger charge is 2.21. The molecular weight excluding hydrogens is 506 g/mol. The third kappa shape index (κ3) is 3.86. The fourth-order valence-corrected chi connectivity index (χ4v) is 5.56. The van der Waals surface area contributed by atoms with Crippen molar-refractivity contribution in [3.63, 3.8) is 0 Å². The molecule has 5 nitrogen and oxygen atoms in total. The monoisotopic (exact) mass is 529 g/mol. The predicted molar refractivity (Wildman–Crippen MR) is 164 cm³/mol. The second-order valence-corrected chi connectivity index (χ2v) is 10.1. The summed E-state index contributed by atoms with van der Waals surface area (Å²) in [6.07, 6.45) is 2.01. The van der Waals surface area contributed by atoms with Crippen molar-refractivity contribution in [3.05, 3.63) is 134 Å². The van der Waals surface area contributed by atoms with E-state index in [1.807, 2.05) is 102 Å². The summed E-state index contributed by atoms with van der Waals surface area (Å²) in [4.78, 5) is 10.3. The minimum Gasteiger partial charge on any atom is -0.507 e. The maximum absolute atomic E-state index is 11.3. The van der Waals surface area contributed by atoms with Gasteiger partial charge in [0.25, 0.3) is 0 Å². The molecule has 0 aliphatic heterocycles. The molecule has 0 aliphatic carbocycles. The normalized spacial score (nSPS) is 11.5. The largest absolute Gasteiger partial charge is 0.507 e. The molecule has 0 spiro atoms. The number of phenolic OH excluding ortho intramolecular Hbond substituents is 1. The molecule has 0 atom stereocenters. The average Bonchev–Trinajstić information content (AvgIpc) is 3.62. The first kappa shape index (κ1) is 23.2. The van der Waals surface area contributed by atoms with Crippen molar-refractivity contribution in [2.24, 2.45) is 0 Å². The lowest BCUT2D eigenvalue weighted by molar-refractivity contribution is 0.476. The summed E-state index contributed by atoms with van der Waals surface area (Å²) in [6.45, 7) is 0. The Morgan fingerprint density at radius 3 is 2.12 bits per heavy atom. The summed E-state index contributed by atoms with van der Waals surface area (Å²) in [5, 5.41) is 15.3. The SMILES string of the molecule is Oc1cc2oc3ccccc3c2cc1-c1nc(-c2nc(-c3ccccc3)cc3ccccc23)cn1-c1ccccc1. The number of hydrogen-bond donors (Lipinski definition) is 1. The van der Waals surface area contributed by atoms with Crippen molar-refractivity contribution < 1.29 is 9.52 Å². The molecule has 1 N–H and O–H groups in total. The third-order valence-electron chi connectivity index (χ3n) is 7.53. The molecule has 0 saturated heterocycles. The molecule has 5 aromatic carbocycles. The van der Waals surface area contributed by atoms with Gasteiger partial charge < -0.3 is 9.52 Å². The second kappa shape index (κ2) is 9.21. The molecule has 0 amide bonds. The van der Waals surface area contributed by atoms with Crippen LogP contribution in [0.4, 0.5) is 0 Å². The van der Waals surface area contributed by atoms with Crippen molar-refractivity contribution in [1.29, 1.82) is 0 Å². The average molecular weight is 530 g/mol. The molecule has 0 radical (unpaired) electrons. The van der Waals surface area contributed by atoms with Gasteiger partial charge in [-0.3, -0.25) is 4.57 Å². The Balaban J connectivity index is 1.40. The highest BCUT2D eigenvalue weighted by Crippen LogP contribution is 2.40. The van der Waals surface area contributed by atoms with E-state index >= 15 is 0 Å². The summed E-state index contributed by atoms with van der Waals surface area (Å²) < 4.78 is 8.04. The van der Waals surface area contributed by atoms with Gasteiger partial charge >= 0.3 is 0 Å². The smallest absolute Gasteiger partial charge is 0.149 e. The number of aromatic nitrogens is 3. The van der Waals surface area contributed by atoms with E-state index in [0.29, 0.717) is 17.0 Å². The van der Waals surface area contributed by atoms with Crippen molar-refractivity contribution in [3.8, 4) is 45.5 Å². The topological polar surface area (TPSA) is 64.1 Å². The van der Waals surface area contributed by atoms with Gasteiger partial charge in [0.1, 0.15) is 28.4 Å². The van der Waals surface area contributed by atoms with Crippen molar-refractivity contribution in [2.75, 3.05) is 0 Å². The molecule has 0 saturated carbocycles. The molecule has 0 bridgehead atoms. The van der Waals surface area contributed by atoms with E-state index in [1.54, 1.807) is 6.07 Å². The van der Waals surface area contributed by atoms with Crippen LogP contribution in [0, 0.1) is 0 Å². The van der Waals surface area contributed by atoms with Gasteiger partial charge in [-0.15, -0.1) is 0 Å². The fourth-order valence-electron chi connectivity index (χ4n) is 5.56. The van der Waals surface area contributed by atoms with Gasteiger partial charge in [0.2, 0.25) is 0 Å². The van der Waals surface area contributed by atoms with E-state index in [2.05, 4.69) is 30.3 Å². The van der Waals surface area contributed by atoms with E-state index in [-0.39, 0.29) is 5.75 Å². The first-order valence-electron chi connectivity index (χ1n) is 13.5. The zero-order valence-corrected chi connectivity index (χ0v) is 21.9. The van der Waals surface area contributed by atoms with Crippen LogP contribution in [0.5, 0.6) is 5.75 Å². The highest BCUT2D eigenvalue weighted by molar-refractivity contribution is 6.07. The van der Waals surface area contributed by atoms with E-state index in [1.165, 1.54) is 0 Å². The first-order chi connectivity index (χ1) is 20.2. The summed E-state index contributed by atoms with van der Waals surface area (Å²) in [5.41, 5.74) is 6.38. The van der Waals surface area contributed by atoms with Crippen LogP contribution in [0.15, 0.2) is 138 Å². The Morgan fingerprint density at radius 1 is 0.585 bits per heavy atom. The fraction of sp³-hybridized carbons (Fsp3) is 0. The van der Waals surface area contributed by atoms with E-state index in [0.717, 1.165) is 55.5 Å². The van der Waals surface area contributed by atoms with E-state index in [9.17, 15) is 5.11 Å². The Hall–Kier alpha value is -5.68. The van der Waals surface area contributed by atoms with Gasteiger partial charge in [0.05, 0.1) is 17.0 Å². The van der Waals surface area contributed by atoms with Crippen molar-refractivity contribution >= 4 is 32.7 Å². The number of para-hydroxylation sites is 2. The van der Waals surface area contributed by atoms with Gasteiger partial charge in [-0.1, -0.05) is 91.0 Å². The van der Waals surface area contributed by atoms with Crippen LogP contribution in [0.2, 0.25) is 0 Å². The molecule has 3 heterocycles. The van der Waals surface area contributed by atoms with Gasteiger partial charge in [-0.25, -0.2) is 9.97 Å².